The Hall–Kier alpha value is -4.48. The molecule has 1 amide bonds. The van der Waals surface area contributed by atoms with Crippen LogP contribution in [0.15, 0.2) is 48.7 Å². The summed E-state index contributed by atoms with van der Waals surface area (Å²) in [5.41, 5.74) is 0.360. The lowest BCUT2D eigenvalue weighted by Crippen LogP contribution is -2.48. The molecule has 11 nitrogen and oxygen atoms in total. The maximum atomic E-state index is 16.8. The Bertz CT molecular complexity index is 2020. The first-order valence-electron chi connectivity index (χ1n) is 18.7. The first-order valence-corrected chi connectivity index (χ1v) is 19.1. The van der Waals surface area contributed by atoms with Crippen LogP contribution in [0.5, 0.6) is 6.01 Å². The van der Waals surface area contributed by atoms with Gasteiger partial charge in [-0.1, -0.05) is 48.9 Å². The quantitative estimate of drug-likeness (QED) is 0.167. The number of amides is 1. The number of aliphatic hydroxyl groups excluding tert-OH is 1. The van der Waals surface area contributed by atoms with Gasteiger partial charge in [0.15, 0.2) is 5.82 Å². The fourth-order valence-electron chi connectivity index (χ4n) is 7.98. The molecule has 3 fully saturated rings. The second-order valence-corrected chi connectivity index (χ2v) is 14.3. The minimum atomic E-state index is -0.674. The van der Waals surface area contributed by atoms with E-state index in [0.29, 0.717) is 73.4 Å². The van der Waals surface area contributed by atoms with Crippen LogP contribution in [0.1, 0.15) is 46.0 Å². The highest BCUT2D eigenvalue weighted by molar-refractivity contribution is 6.36. The van der Waals surface area contributed by atoms with Crippen LogP contribution in [0.4, 0.5) is 14.6 Å². The summed E-state index contributed by atoms with van der Waals surface area (Å²) in [5, 5.41) is 18.0. The Morgan fingerprint density at radius 1 is 1.09 bits per heavy atom. The molecule has 0 atom stereocenters. The molecule has 0 saturated carbocycles. The number of fused-ring (bicyclic) bond motifs is 3. The van der Waals surface area contributed by atoms with Gasteiger partial charge in [0.1, 0.15) is 29.5 Å². The van der Waals surface area contributed by atoms with E-state index in [1.807, 2.05) is 11.0 Å². The third-order valence-corrected chi connectivity index (χ3v) is 11.0. The van der Waals surface area contributed by atoms with Crippen LogP contribution >= 0.6 is 11.6 Å². The number of ether oxygens (including phenoxy) is 1. The van der Waals surface area contributed by atoms with Gasteiger partial charge in [-0.25, -0.2) is 8.78 Å². The maximum Gasteiger partial charge on any atom is 0.319 e. The van der Waals surface area contributed by atoms with Gasteiger partial charge in [-0.15, -0.1) is 0 Å². The summed E-state index contributed by atoms with van der Waals surface area (Å²) in [6.45, 7) is 9.94. The zero-order valence-corrected chi connectivity index (χ0v) is 31.7. The van der Waals surface area contributed by atoms with Gasteiger partial charge in [0, 0.05) is 69.4 Å². The second-order valence-electron chi connectivity index (χ2n) is 13.9. The van der Waals surface area contributed by atoms with Gasteiger partial charge in [0.05, 0.1) is 28.6 Å². The molecule has 3 saturated heterocycles. The van der Waals surface area contributed by atoms with Crippen LogP contribution in [0.3, 0.4) is 0 Å². The minimum absolute atomic E-state index is 0.00579. The molecule has 14 heteroatoms. The Balaban J connectivity index is 0.00000160. The Morgan fingerprint density at radius 2 is 1.83 bits per heavy atom. The highest BCUT2D eigenvalue weighted by atomic mass is 35.5. The molecule has 0 bridgehead atoms. The van der Waals surface area contributed by atoms with Gasteiger partial charge in [-0.05, 0) is 63.2 Å². The Kier molecular flexibility index (Phi) is 12.9. The van der Waals surface area contributed by atoms with Crippen molar-refractivity contribution in [1.29, 1.82) is 5.26 Å². The van der Waals surface area contributed by atoms with Crippen molar-refractivity contribution in [2.24, 2.45) is 0 Å². The molecule has 54 heavy (non-hydrogen) atoms. The van der Waals surface area contributed by atoms with E-state index < -0.39 is 11.6 Å². The second kappa shape index (κ2) is 17.8. The molecule has 4 aromatic rings. The highest BCUT2D eigenvalue weighted by Crippen LogP contribution is 2.41. The van der Waals surface area contributed by atoms with E-state index in [0.717, 1.165) is 51.7 Å². The highest BCUT2D eigenvalue weighted by Gasteiger charge is 2.45. The fourth-order valence-corrected chi connectivity index (χ4v) is 8.25. The summed E-state index contributed by atoms with van der Waals surface area (Å²) in [5.74, 6) is -0.860. The molecular formula is C40H47ClF2N8O3. The Morgan fingerprint density at radius 3 is 2.54 bits per heavy atom. The van der Waals surface area contributed by atoms with Crippen molar-refractivity contribution in [2.45, 2.75) is 51.5 Å². The van der Waals surface area contributed by atoms with E-state index in [9.17, 15) is 14.3 Å². The number of nitrogens with zero attached hydrogens (tertiary/aromatic N) is 8. The molecule has 7 rings (SSSR count). The van der Waals surface area contributed by atoms with E-state index in [2.05, 4.69) is 26.7 Å². The number of anilines is 1. The van der Waals surface area contributed by atoms with E-state index >= 15 is 4.39 Å². The topological polar surface area (TPSA) is 122 Å². The van der Waals surface area contributed by atoms with E-state index in [4.69, 9.17) is 26.6 Å². The number of rotatable bonds is 12. The number of benzene rings is 2. The summed E-state index contributed by atoms with van der Waals surface area (Å²) < 4.78 is 37.8. The molecule has 3 aliphatic heterocycles. The summed E-state index contributed by atoms with van der Waals surface area (Å²) >= 11 is 6.43. The number of halogens is 3. The van der Waals surface area contributed by atoms with Gasteiger partial charge in [0.2, 0.25) is 5.91 Å². The first-order chi connectivity index (χ1) is 26.2. The standard InChI is InChI=1S/C38H44ClF2N7O3.C2H3N/c1-2-14-45(22-23-49)15-4-9-30(50)46-18-20-47(21-19-46)36-28-24-42-34(27-8-3-7-26-10-11-29(40)32(39)31(26)27)33(41)35(28)43-37(44-36)51-25-38-12-5-16-48(38)17-6-13-38;1-2-3/h3-4,7-11,24,49H,2,5-6,12-23,25H2,1H3;1H3/b9-4+;. The molecule has 2 aromatic heterocycles. The molecule has 1 N–H and O–H groups in total. The number of carbonyl (C=O) groups excluding carboxylic acids is 1. The van der Waals surface area contributed by atoms with Crippen LogP contribution in [0, 0.1) is 23.0 Å². The van der Waals surface area contributed by atoms with Gasteiger partial charge in [-0.3, -0.25) is 19.6 Å². The number of pyridine rings is 1. The number of nitriles is 1. The Labute approximate surface area is 319 Å². The lowest BCUT2D eigenvalue weighted by Gasteiger charge is -2.35. The molecule has 3 aliphatic rings. The number of carbonyl (C=O) groups is 1. The van der Waals surface area contributed by atoms with Crippen LogP contribution < -0.4 is 9.64 Å². The van der Waals surface area contributed by atoms with E-state index in [-0.39, 0.29) is 40.3 Å². The normalized spacial score (nSPS) is 16.9. The van der Waals surface area contributed by atoms with Crippen LogP contribution in [-0.4, -0.2) is 118 Å². The maximum absolute atomic E-state index is 16.8. The molecule has 0 unspecified atom stereocenters. The first kappa shape index (κ1) is 39.2. The van der Waals surface area contributed by atoms with Crippen molar-refractivity contribution in [3.63, 3.8) is 0 Å². The number of piperazine rings is 1. The predicted molar refractivity (Wildman–Crippen MR) is 207 cm³/mol. The average molecular weight is 761 g/mol. The van der Waals surface area contributed by atoms with Gasteiger partial charge in [0.25, 0.3) is 0 Å². The summed E-state index contributed by atoms with van der Waals surface area (Å²) in [6.07, 6.45) is 10.3. The third kappa shape index (κ3) is 8.27. The summed E-state index contributed by atoms with van der Waals surface area (Å²) in [4.78, 5) is 35.5. The van der Waals surface area contributed by atoms with Crippen molar-refractivity contribution in [1.82, 2.24) is 29.7 Å². The molecule has 286 valence electrons. The number of aromatic nitrogens is 3. The third-order valence-electron chi connectivity index (χ3n) is 10.6. The molecule has 2 aromatic carbocycles. The van der Waals surface area contributed by atoms with Crippen molar-refractivity contribution >= 4 is 45.0 Å². The lowest BCUT2D eigenvalue weighted by atomic mass is 9.95. The summed E-state index contributed by atoms with van der Waals surface area (Å²) in [6, 6.07) is 9.97. The van der Waals surface area contributed by atoms with E-state index in [1.54, 1.807) is 47.5 Å². The van der Waals surface area contributed by atoms with Crippen molar-refractivity contribution in [2.75, 3.05) is 77.0 Å². The van der Waals surface area contributed by atoms with Gasteiger partial charge < -0.3 is 19.6 Å². The van der Waals surface area contributed by atoms with E-state index in [1.165, 1.54) is 13.0 Å². The SMILES string of the molecule is CC#N.CCCN(C/C=C/C(=O)N1CCN(c2nc(OCC34CCCN3CCC4)nc3c(F)c(-c4cccc5ccc(F)c(Cl)c45)ncc23)CC1)CCO. The van der Waals surface area contributed by atoms with Gasteiger partial charge >= 0.3 is 6.01 Å². The monoisotopic (exact) mass is 760 g/mol. The molecule has 5 heterocycles. The predicted octanol–water partition coefficient (Wildman–Crippen LogP) is 6.22. The molecule has 0 spiro atoms. The molecular weight excluding hydrogens is 714 g/mol. The van der Waals surface area contributed by atoms with Crippen molar-refractivity contribution in [3.8, 4) is 23.3 Å². The zero-order chi connectivity index (χ0) is 38.2. The fraction of sp³-hybridized carbons (Fsp3) is 0.475. The largest absolute Gasteiger partial charge is 0.461 e. The van der Waals surface area contributed by atoms with Crippen LogP contribution in [0.2, 0.25) is 5.02 Å². The minimum Gasteiger partial charge on any atom is -0.461 e. The van der Waals surface area contributed by atoms with Crippen LogP contribution in [-0.2, 0) is 4.79 Å². The van der Waals surface area contributed by atoms with Crippen LogP contribution in [0.25, 0.3) is 32.9 Å². The van der Waals surface area contributed by atoms with Crippen molar-refractivity contribution < 1.29 is 23.4 Å². The zero-order valence-electron chi connectivity index (χ0n) is 30.9. The van der Waals surface area contributed by atoms with Crippen molar-refractivity contribution in [3.05, 3.63) is 65.3 Å². The number of hydrogen-bond donors (Lipinski definition) is 1. The smallest absolute Gasteiger partial charge is 0.319 e. The molecule has 0 radical (unpaired) electrons. The number of aliphatic hydroxyl groups is 1. The van der Waals surface area contributed by atoms with Gasteiger partial charge in [-0.2, -0.15) is 15.2 Å². The average Bonchev–Trinajstić information content (AvgIpc) is 3.77. The number of hydrogen-bond acceptors (Lipinski definition) is 10. The lowest BCUT2D eigenvalue weighted by molar-refractivity contribution is -0.126. The molecule has 0 aliphatic carbocycles. The summed E-state index contributed by atoms with van der Waals surface area (Å²) in [7, 11) is 0.